The van der Waals surface area contributed by atoms with Crippen LogP contribution in [0.1, 0.15) is 43.1 Å². The fourth-order valence-electron chi connectivity index (χ4n) is 3.01. The van der Waals surface area contributed by atoms with Gasteiger partial charge < -0.3 is 14.6 Å². The Morgan fingerprint density at radius 3 is 2.52 bits per heavy atom. The maximum atomic E-state index is 12.4. The molecule has 1 fully saturated rings. The Hall–Kier alpha value is -2.30. The average molecular weight is 314 g/mol. The molecule has 0 unspecified atom stereocenters. The third-order valence-electron chi connectivity index (χ3n) is 4.30. The highest BCUT2D eigenvalue weighted by Crippen LogP contribution is 2.17. The summed E-state index contributed by atoms with van der Waals surface area (Å²) in [5, 5.41) is 0.950. The van der Waals surface area contributed by atoms with Gasteiger partial charge in [0.2, 0.25) is 0 Å². The number of likely N-dealkylation sites (tertiary alicyclic amines) is 1. The van der Waals surface area contributed by atoms with E-state index in [9.17, 15) is 9.59 Å². The molecule has 0 bridgehead atoms. The fraction of sp³-hybridized carbons (Fsp3) is 0.444. The summed E-state index contributed by atoms with van der Waals surface area (Å²) in [6.45, 7) is 3.16. The molecule has 0 radical (unpaired) electrons. The Morgan fingerprint density at radius 1 is 1.13 bits per heavy atom. The Kier molecular flexibility index (Phi) is 4.65. The van der Waals surface area contributed by atoms with E-state index < -0.39 is 12.1 Å². The van der Waals surface area contributed by atoms with Crippen molar-refractivity contribution < 1.29 is 14.3 Å². The molecule has 5 nitrogen and oxygen atoms in total. The Labute approximate surface area is 135 Å². The number of hydrogen-bond acceptors (Lipinski definition) is 3. The summed E-state index contributed by atoms with van der Waals surface area (Å²) in [6, 6.07) is 9.39. The molecule has 122 valence electrons. The number of hydrogen-bond donors (Lipinski definition) is 1. The zero-order chi connectivity index (χ0) is 16.2. The van der Waals surface area contributed by atoms with Crippen molar-refractivity contribution in [3.8, 4) is 0 Å². The summed E-state index contributed by atoms with van der Waals surface area (Å²) < 4.78 is 5.36. The number of nitrogens with zero attached hydrogens (tertiary/aromatic N) is 1. The highest BCUT2D eigenvalue weighted by atomic mass is 16.5. The van der Waals surface area contributed by atoms with E-state index in [1.165, 1.54) is 0 Å². The number of para-hydroxylation sites is 1. The van der Waals surface area contributed by atoms with E-state index in [1.54, 1.807) is 13.0 Å². The first-order chi connectivity index (χ1) is 11.1. The van der Waals surface area contributed by atoms with Crippen LogP contribution in [0.4, 0.5) is 0 Å². The summed E-state index contributed by atoms with van der Waals surface area (Å²) >= 11 is 0. The quantitative estimate of drug-likeness (QED) is 0.885. The number of nitrogens with one attached hydrogen (secondary N) is 1. The molecule has 0 aliphatic carbocycles. The van der Waals surface area contributed by atoms with Gasteiger partial charge in [0.15, 0.2) is 6.10 Å². The van der Waals surface area contributed by atoms with Gasteiger partial charge in [0.1, 0.15) is 5.69 Å². The monoisotopic (exact) mass is 314 g/mol. The highest BCUT2D eigenvalue weighted by Gasteiger charge is 2.25. The lowest BCUT2D eigenvalue weighted by molar-refractivity contribution is -0.139. The molecule has 1 aliphatic heterocycles. The molecule has 1 atom stereocenters. The van der Waals surface area contributed by atoms with Crippen LogP contribution in [-0.4, -0.2) is 41.0 Å². The molecule has 2 aromatic rings. The number of carbonyl (C=O) groups is 2. The van der Waals surface area contributed by atoms with E-state index in [2.05, 4.69) is 4.98 Å². The van der Waals surface area contributed by atoms with E-state index >= 15 is 0 Å². The van der Waals surface area contributed by atoms with Crippen LogP contribution >= 0.6 is 0 Å². The lowest BCUT2D eigenvalue weighted by atomic mass is 10.2. The number of fused-ring (bicyclic) bond motifs is 1. The van der Waals surface area contributed by atoms with Gasteiger partial charge in [-0.15, -0.1) is 0 Å². The second kappa shape index (κ2) is 6.86. The molecule has 1 aromatic heterocycles. The van der Waals surface area contributed by atoms with Gasteiger partial charge in [-0.25, -0.2) is 4.79 Å². The normalized spacial score (nSPS) is 16.8. The van der Waals surface area contributed by atoms with Gasteiger partial charge in [0.05, 0.1) is 0 Å². The fourth-order valence-corrected chi connectivity index (χ4v) is 3.01. The van der Waals surface area contributed by atoms with E-state index in [-0.39, 0.29) is 5.91 Å². The minimum Gasteiger partial charge on any atom is -0.448 e. The third-order valence-corrected chi connectivity index (χ3v) is 4.30. The first kappa shape index (κ1) is 15.6. The molecule has 1 aliphatic rings. The number of amides is 1. The minimum absolute atomic E-state index is 0.101. The van der Waals surface area contributed by atoms with E-state index in [0.29, 0.717) is 5.69 Å². The molecular formula is C18H22N2O3. The van der Waals surface area contributed by atoms with Crippen molar-refractivity contribution in [2.75, 3.05) is 13.1 Å². The Bertz CT molecular complexity index is 666. The second-order valence-electron chi connectivity index (χ2n) is 6.06. The minimum atomic E-state index is -0.757. The summed E-state index contributed by atoms with van der Waals surface area (Å²) in [5.74, 6) is -0.590. The average Bonchev–Trinajstić information content (AvgIpc) is 2.81. The number of aromatic nitrogens is 1. The summed E-state index contributed by atoms with van der Waals surface area (Å²) in [5.41, 5.74) is 1.26. The lowest BCUT2D eigenvalue weighted by Gasteiger charge is -2.23. The van der Waals surface area contributed by atoms with Gasteiger partial charge in [-0.05, 0) is 31.9 Å². The number of aromatic amines is 1. The molecule has 1 aromatic carbocycles. The number of benzene rings is 1. The summed E-state index contributed by atoms with van der Waals surface area (Å²) in [7, 11) is 0. The largest absolute Gasteiger partial charge is 0.448 e. The van der Waals surface area contributed by atoms with Gasteiger partial charge >= 0.3 is 5.97 Å². The van der Waals surface area contributed by atoms with Crippen LogP contribution in [0.5, 0.6) is 0 Å². The topological polar surface area (TPSA) is 62.4 Å². The van der Waals surface area contributed by atoms with Gasteiger partial charge in [0.25, 0.3) is 5.91 Å². The first-order valence-electron chi connectivity index (χ1n) is 8.22. The zero-order valence-corrected chi connectivity index (χ0v) is 13.4. The number of H-pyrrole nitrogens is 1. The number of rotatable bonds is 3. The van der Waals surface area contributed by atoms with Gasteiger partial charge in [-0.1, -0.05) is 31.0 Å². The van der Waals surface area contributed by atoms with Crippen LogP contribution in [0.15, 0.2) is 30.3 Å². The van der Waals surface area contributed by atoms with Crippen LogP contribution in [0.25, 0.3) is 10.9 Å². The molecule has 23 heavy (non-hydrogen) atoms. The molecule has 5 heteroatoms. The number of ether oxygens (including phenoxy) is 1. The molecular weight excluding hydrogens is 292 g/mol. The Morgan fingerprint density at radius 2 is 1.83 bits per heavy atom. The molecule has 3 rings (SSSR count). The number of esters is 1. The van der Waals surface area contributed by atoms with Crippen LogP contribution < -0.4 is 0 Å². The van der Waals surface area contributed by atoms with Crippen LogP contribution in [-0.2, 0) is 9.53 Å². The van der Waals surface area contributed by atoms with Crippen molar-refractivity contribution in [1.82, 2.24) is 9.88 Å². The lowest BCUT2D eigenvalue weighted by Crippen LogP contribution is -2.40. The predicted octanol–water partition coefficient (Wildman–Crippen LogP) is 3.12. The van der Waals surface area contributed by atoms with E-state index in [0.717, 1.165) is 49.7 Å². The number of carbonyl (C=O) groups excluding carboxylic acids is 2. The van der Waals surface area contributed by atoms with Gasteiger partial charge in [0, 0.05) is 24.0 Å². The molecule has 0 spiro atoms. The molecule has 1 N–H and O–H groups in total. The van der Waals surface area contributed by atoms with Crippen molar-refractivity contribution in [3.05, 3.63) is 36.0 Å². The predicted molar refractivity (Wildman–Crippen MR) is 88.2 cm³/mol. The van der Waals surface area contributed by atoms with Gasteiger partial charge in [-0.2, -0.15) is 0 Å². The SMILES string of the molecule is C[C@@H](OC(=O)c1cc2ccccc2[nH]1)C(=O)N1CCCCCC1. The molecule has 1 saturated heterocycles. The Balaban J connectivity index is 1.65. The molecule has 0 saturated carbocycles. The summed E-state index contributed by atoms with van der Waals surface area (Å²) in [4.78, 5) is 29.5. The summed E-state index contributed by atoms with van der Waals surface area (Å²) in [6.07, 6.45) is 3.61. The van der Waals surface area contributed by atoms with E-state index in [1.807, 2.05) is 29.2 Å². The second-order valence-corrected chi connectivity index (χ2v) is 6.06. The van der Waals surface area contributed by atoms with Crippen molar-refractivity contribution in [3.63, 3.8) is 0 Å². The van der Waals surface area contributed by atoms with Crippen molar-refractivity contribution in [2.45, 2.75) is 38.7 Å². The van der Waals surface area contributed by atoms with Crippen molar-refractivity contribution in [1.29, 1.82) is 0 Å². The smallest absolute Gasteiger partial charge is 0.355 e. The maximum absolute atomic E-state index is 12.4. The maximum Gasteiger partial charge on any atom is 0.355 e. The van der Waals surface area contributed by atoms with Crippen molar-refractivity contribution >= 4 is 22.8 Å². The molecule has 2 heterocycles. The highest BCUT2D eigenvalue weighted by molar-refractivity contribution is 5.96. The third kappa shape index (κ3) is 3.55. The first-order valence-corrected chi connectivity index (χ1v) is 8.22. The standard InChI is InChI=1S/C18H22N2O3/c1-13(17(21)20-10-6-2-3-7-11-20)23-18(22)16-12-14-8-4-5-9-15(14)19-16/h4-5,8-9,12-13,19H,2-3,6-7,10-11H2,1H3/t13-/m1/s1. The van der Waals surface area contributed by atoms with Crippen LogP contribution in [0.2, 0.25) is 0 Å². The molecule has 1 amide bonds. The zero-order valence-electron chi connectivity index (χ0n) is 13.4. The van der Waals surface area contributed by atoms with Gasteiger partial charge in [-0.3, -0.25) is 4.79 Å². The van der Waals surface area contributed by atoms with E-state index in [4.69, 9.17) is 4.74 Å². The van der Waals surface area contributed by atoms with Crippen LogP contribution in [0.3, 0.4) is 0 Å². The van der Waals surface area contributed by atoms with Crippen LogP contribution in [0, 0.1) is 0 Å². The van der Waals surface area contributed by atoms with Crippen molar-refractivity contribution in [2.24, 2.45) is 0 Å².